The quantitative estimate of drug-likeness (QED) is 0.810. The zero-order valence-electron chi connectivity index (χ0n) is 10.7. The molecular weight excluding hydrogens is 289 g/mol. The SMILES string of the molecule is CNC(=O)CCCS(=O)(=O)c1cc(C(=O)O)ccc1F. The molecule has 0 aliphatic carbocycles. The number of halogens is 1. The monoisotopic (exact) mass is 303 g/mol. The molecule has 0 spiro atoms. The predicted octanol–water partition coefficient (Wildman–Crippen LogP) is 0.824. The molecule has 0 aliphatic rings. The van der Waals surface area contributed by atoms with Gasteiger partial charge in [0, 0.05) is 13.5 Å². The number of sulfone groups is 1. The number of benzene rings is 1. The lowest BCUT2D eigenvalue weighted by molar-refractivity contribution is -0.120. The van der Waals surface area contributed by atoms with Gasteiger partial charge in [-0.25, -0.2) is 17.6 Å². The molecule has 110 valence electrons. The van der Waals surface area contributed by atoms with E-state index in [0.717, 1.165) is 18.2 Å². The van der Waals surface area contributed by atoms with Crippen LogP contribution >= 0.6 is 0 Å². The topological polar surface area (TPSA) is 101 Å². The van der Waals surface area contributed by atoms with E-state index in [1.807, 2.05) is 0 Å². The van der Waals surface area contributed by atoms with Crippen LogP contribution in [0, 0.1) is 5.82 Å². The van der Waals surface area contributed by atoms with Crippen molar-refractivity contribution in [1.82, 2.24) is 5.32 Å². The van der Waals surface area contributed by atoms with E-state index in [1.54, 1.807) is 0 Å². The van der Waals surface area contributed by atoms with Crippen molar-refractivity contribution in [2.45, 2.75) is 17.7 Å². The second kappa shape index (κ2) is 6.47. The lowest BCUT2D eigenvalue weighted by Gasteiger charge is -2.06. The average Bonchev–Trinajstić information content (AvgIpc) is 2.38. The highest BCUT2D eigenvalue weighted by Gasteiger charge is 2.21. The van der Waals surface area contributed by atoms with Crippen molar-refractivity contribution in [2.75, 3.05) is 12.8 Å². The summed E-state index contributed by atoms with van der Waals surface area (Å²) < 4.78 is 37.4. The highest BCUT2D eigenvalue weighted by atomic mass is 32.2. The Kier molecular flexibility index (Phi) is 5.20. The Balaban J connectivity index is 2.94. The van der Waals surface area contributed by atoms with E-state index in [-0.39, 0.29) is 24.3 Å². The molecule has 0 saturated heterocycles. The molecule has 0 saturated carbocycles. The summed E-state index contributed by atoms with van der Waals surface area (Å²) in [6, 6.07) is 2.57. The number of amides is 1. The van der Waals surface area contributed by atoms with E-state index in [0.29, 0.717) is 0 Å². The van der Waals surface area contributed by atoms with Crippen LogP contribution in [0.25, 0.3) is 0 Å². The lowest BCUT2D eigenvalue weighted by atomic mass is 10.2. The van der Waals surface area contributed by atoms with Crippen LogP contribution in [0.4, 0.5) is 4.39 Å². The van der Waals surface area contributed by atoms with Crippen LogP contribution in [-0.2, 0) is 14.6 Å². The second-order valence-electron chi connectivity index (χ2n) is 4.05. The minimum absolute atomic E-state index is 0.00400. The largest absolute Gasteiger partial charge is 0.478 e. The Morgan fingerprint density at radius 3 is 2.55 bits per heavy atom. The maximum absolute atomic E-state index is 13.5. The van der Waals surface area contributed by atoms with Crippen molar-refractivity contribution in [3.63, 3.8) is 0 Å². The molecule has 2 N–H and O–H groups in total. The molecule has 8 heteroatoms. The summed E-state index contributed by atoms with van der Waals surface area (Å²) in [6.07, 6.45) is 0.0225. The van der Waals surface area contributed by atoms with E-state index in [9.17, 15) is 22.4 Å². The molecule has 0 unspecified atom stereocenters. The fourth-order valence-electron chi connectivity index (χ4n) is 1.53. The normalized spacial score (nSPS) is 11.1. The van der Waals surface area contributed by atoms with Gasteiger partial charge in [0.25, 0.3) is 0 Å². The summed E-state index contributed by atoms with van der Waals surface area (Å²) in [4.78, 5) is 21.1. The Morgan fingerprint density at radius 1 is 1.35 bits per heavy atom. The fourth-order valence-corrected chi connectivity index (χ4v) is 2.95. The van der Waals surface area contributed by atoms with E-state index in [1.165, 1.54) is 7.05 Å². The van der Waals surface area contributed by atoms with Gasteiger partial charge in [0.05, 0.1) is 11.3 Å². The van der Waals surface area contributed by atoms with Gasteiger partial charge in [0.2, 0.25) is 5.91 Å². The second-order valence-corrected chi connectivity index (χ2v) is 6.12. The van der Waals surface area contributed by atoms with E-state index in [2.05, 4.69) is 5.32 Å². The number of nitrogens with one attached hydrogen (secondary N) is 1. The first-order valence-corrected chi connectivity index (χ1v) is 7.39. The van der Waals surface area contributed by atoms with Crippen molar-refractivity contribution in [3.05, 3.63) is 29.6 Å². The smallest absolute Gasteiger partial charge is 0.335 e. The lowest BCUT2D eigenvalue weighted by Crippen LogP contribution is -2.19. The van der Waals surface area contributed by atoms with Crippen LogP contribution in [0.15, 0.2) is 23.1 Å². The van der Waals surface area contributed by atoms with Gasteiger partial charge in [-0.3, -0.25) is 4.79 Å². The van der Waals surface area contributed by atoms with E-state index in [4.69, 9.17) is 5.11 Å². The number of hydrogen-bond donors (Lipinski definition) is 2. The standard InChI is InChI=1S/C12H14FNO5S/c1-14-11(15)3-2-6-20(18,19)10-7-8(12(16)17)4-5-9(10)13/h4-5,7H,2-3,6H2,1H3,(H,14,15)(H,16,17). The first-order valence-electron chi connectivity index (χ1n) is 5.74. The minimum Gasteiger partial charge on any atom is -0.478 e. The van der Waals surface area contributed by atoms with E-state index < -0.39 is 32.3 Å². The highest BCUT2D eigenvalue weighted by molar-refractivity contribution is 7.91. The van der Waals surface area contributed by atoms with Crippen molar-refractivity contribution in [1.29, 1.82) is 0 Å². The van der Waals surface area contributed by atoms with E-state index >= 15 is 0 Å². The Morgan fingerprint density at radius 2 is 2.00 bits per heavy atom. The number of rotatable bonds is 6. The molecule has 0 aliphatic heterocycles. The first kappa shape index (κ1) is 16.1. The van der Waals surface area contributed by atoms with Crippen LogP contribution in [0.3, 0.4) is 0 Å². The molecule has 0 atom stereocenters. The molecule has 20 heavy (non-hydrogen) atoms. The first-order chi connectivity index (χ1) is 9.27. The van der Waals surface area contributed by atoms with Gasteiger partial charge in [0.15, 0.2) is 9.84 Å². The molecule has 0 bridgehead atoms. The highest BCUT2D eigenvalue weighted by Crippen LogP contribution is 2.19. The number of aromatic carboxylic acids is 1. The third-order valence-electron chi connectivity index (χ3n) is 2.61. The summed E-state index contributed by atoms with van der Waals surface area (Å²) in [5.41, 5.74) is -0.309. The number of carboxylic acids is 1. The predicted molar refractivity (Wildman–Crippen MR) is 68.7 cm³/mol. The zero-order valence-corrected chi connectivity index (χ0v) is 11.5. The molecule has 1 aromatic carbocycles. The van der Waals surface area contributed by atoms with Gasteiger partial charge >= 0.3 is 5.97 Å². The van der Waals surface area contributed by atoms with Crippen LogP contribution in [-0.4, -0.2) is 38.2 Å². The molecular formula is C12H14FNO5S. The summed E-state index contributed by atoms with van der Waals surface area (Å²) >= 11 is 0. The number of carboxylic acid groups (broad SMARTS) is 1. The van der Waals surface area contributed by atoms with Gasteiger partial charge in [-0.15, -0.1) is 0 Å². The summed E-state index contributed by atoms with van der Waals surface area (Å²) in [7, 11) is -2.55. The molecule has 0 aromatic heterocycles. The Bertz CT molecular complexity index is 627. The van der Waals surface area contributed by atoms with Crippen molar-refractivity contribution in [3.8, 4) is 0 Å². The molecule has 1 rings (SSSR count). The van der Waals surface area contributed by atoms with Crippen LogP contribution < -0.4 is 5.32 Å². The van der Waals surface area contributed by atoms with Crippen LogP contribution in [0.5, 0.6) is 0 Å². The number of carbonyl (C=O) groups excluding carboxylic acids is 1. The maximum atomic E-state index is 13.5. The van der Waals surface area contributed by atoms with Crippen LogP contribution in [0.2, 0.25) is 0 Å². The Labute approximate surface area is 115 Å². The summed E-state index contributed by atoms with van der Waals surface area (Å²) in [5, 5.41) is 11.1. The molecule has 0 heterocycles. The van der Waals surface area contributed by atoms with Gasteiger partial charge in [-0.2, -0.15) is 0 Å². The van der Waals surface area contributed by atoms with Gasteiger partial charge < -0.3 is 10.4 Å². The minimum atomic E-state index is -3.97. The average molecular weight is 303 g/mol. The van der Waals surface area contributed by atoms with Crippen molar-refractivity contribution in [2.24, 2.45) is 0 Å². The molecule has 1 aromatic rings. The third kappa shape index (κ3) is 4.02. The fraction of sp³-hybridized carbons (Fsp3) is 0.333. The number of carbonyl (C=O) groups is 2. The van der Waals surface area contributed by atoms with Gasteiger partial charge in [-0.05, 0) is 24.6 Å². The summed E-state index contributed by atoms with van der Waals surface area (Å²) in [5.74, 6) is -3.10. The molecule has 6 nitrogen and oxygen atoms in total. The molecule has 0 fully saturated rings. The van der Waals surface area contributed by atoms with Crippen LogP contribution in [0.1, 0.15) is 23.2 Å². The molecule has 0 radical (unpaired) electrons. The summed E-state index contributed by atoms with van der Waals surface area (Å²) in [6.45, 7) is 0. The number of hydrogen-bond acceptors (Lipinski definition) is 4. The van der Waals surface area contributed by atoms with Gasteiger partial charge in [-0.1, -0.05) is 0 Å². The third-order valence-corrected chi connectivity index (χ3v) is 4.42. The van der Waals surface area contributed by atoms with Crippen molar-refractivity contribution < 1.29 is 27.5 Å². The maximum Gasteiger partial charge on any atom is 0.335 e. The molecule has 1 amide bonds. The zero-order chi connectivity index (χ0) is 15.3. The Hall–Kier alpha value is -1.96. The van der Waals surface area contributed by atoms with Gasteiger partial charge in [0.1, 0.15) is 10.7 Å². The van der Waals surface area contributed by atoms with Crippen molar-refractivity contribution >= 4 is 21.7 Å².